The molecule has 0 N–H and O–H groups in total. The van der Waals surface area contributed by atoms with Gasteiger partial charge in [-0.25, -0.2) is 0 Å². The Labute approximate surface area is 122 Å². The van der Waals surface area contributed by atoms with Crippen LogP contribution in [0.1, 0.15) is 50.7 Å². The van der Waals surface area contributed by atoms with E-state index in [2.05, 4.69) is 50.2 Å². The molecule has 0 bridgehead atoms. The van der Waals surface area contributed by atoms with Crippen molar-refractivity contribution in [2.45, 2.75) is 44.9 Å². The highest BCUT2D eigenvalue weighted by Crippen LogP contribution is 2.51. The molecular formula is C20H22. The van der Waals surface area contributed by atoms with Gasteiger partial charge in [0.25, 0.3) is 0 Å². The fourth-order valence-electron chi connectivity index (χ4n) is 3.93. The molecule has 0 saturated heterocycles. The van der Waals surface area contributed by atoms with Gasteiger partial charge in [-0.2, -0.15) is 0 Å². The van der Waals surface area contributed by atoms with E-state index >= 15 is 0 Å². The monoisotopic (exact) mass is 262 g/mol. The second kappa shape index (κ2) is 5.09. The second-order valence-electron chi connectivity index (χ2n) is 6.85. The number of hydrogen-bond acceptors (Lipinski definition) is 0. The highest BCUT2D eigenvalue weighted by Gasteiger charge is 2.42. The molecule has 0 amide bonds. The van der Waals surface area contributed by atoms with Crippen molar-refractivity contribution >= 4 is 0 Å². The lowest BCUT2D eigenvalue weighted by Gasteiger charge is -2.46. The van der Waals surface area contributed by atoms with Gasteiger partial charge in [0.15, 0.2) is 0 Å². The van der Waals surface area contributed by atoms with E-state index in [-0.39, 0.29) is 5.41 Å². The van der Waals surface area contributed by atoms with Crippen LogP contribution >= 0.6 is 0 Å². The molecule has 0 aromatic heterocycles. The van der Waals surface area contributed by atoms with E-state index in [0.29, 0.717) is 5.41 Å². The predicted molar refractivity (Wildman–Crippen MR) is 83.6 cm³/mol. The summed E-state index contributed by atoms with van der Waals surface area (Å²) in [7, 11) is 0. The third-order valence-corrected chi connectivity index (χ3v) is 4.78. The minimum absolute atomic E-state index is 0.159. The predicted octanol–water partition coefficient (Wildman–Crippen LogP) is 5.17. The van der Waals surface area contributed by atoms with Gasteiger partial charge >= 0.3 is 0 Å². The molecule has 1 aliphatic rings. The Bertz CT molecular complexity index is 512. The summed E-state index contributed by atoms with van der Waals surface area (Å²) in [4.78, 5) is 0. The molecule has 2 radical (unpaired) electrons. The van der Waals surface area contributed by atoms with Gasteiger partial charge in [0, 0.05) is 5.41 Å². The second-order valence-corrected chi connectivity index (χ2v) is 6.85. The van der Waals surface area contributed by atoms with Crippen molar-refractivity contribution in [2.75, 3.05) is 0 Å². The van der Waals surface area contributed by atoms with E-state index in [0.717, 1.165) is 0 Å². The molecule has 1 saturated carbocycles. The molecule has 0 spiro atoms. The fourth-order valence-corrected chi connectivity index (χ4v) is 3.93. The topological polar surface area (TPSA) is 0 Å². The van der Waals surface area contributed by atoms with Gasteiger partial charge in [-0.1, -0.05) is 68.8 Å². The molecule has 0 nitrogen and oxygen atoms in total. The van der Waals surface area contributed by atoms with Crippen LogP contribution in [0.15, 0.2) is 48.5 Å². The van der Waals surface area contributed by atoms with Crippen LogP contribution in [0.4, 0.5) is 0 Å². The van der Waals surface area contributed by atoms with E-state index in [4.69, 9.17) is 0 Å². The van der Waals surface area contributed by atoms with Crippen molar-refractivity contribution < 1.29 is 0 Å². The first kappa shape index (κ1) is 13.4. The van der Waals surface area contributed by atoms with Crippen LogP contribution in [-0.2, 0) is 5.41 Å². The lowest BCUT2D eigenvalue weighted by Crippen LogP contribution is -2.37. The summed E-state index contributed by atoms with van der Waals surface area (Å²) in [6, 6.07) is 23.5. The van der Waals surface area contributed by atoms with Crippen molar-refractivity contribution in [3.8, 4) is 0 Å². The van der Waals surface area contributed by atoms with Crippen molar-refractivity contribution in [2.24, 2.45) is 5.41 Å². The average molecular weight is 262 g/mol. The van der Waals surface area contributed by atoms with Gasteiger partial charge < -0.3 is 0 Å². The van der Waals surface area contributed by atoms with Crippen LogP contribution in [-0.4, -0.2) is 0 Å². The molecular weight excluding hydrogens is 240 g/mol. The molecule has 0 unspecified atom stereocenters. The Morgan fingerprint density at radius 2 is 1.30 bits per heavy atom. The van der Waals surface area contributed by atoms with Crippen molar-refractivity contribution in [3.05, 3.63) is 71.8 Å². The fraction of sp³-hybridized carbons (Fsp3) is 0.400. The Balaban J connectivity index is 2.13. The van der Waals surface area contributed by atoms with Crippen molar-refractivity contribution in [3.63, 3.8) is 0 Å². The minimum atomic E-state index is 0.159. The first-order valence-corrected chi connectivity index (χ1v) is 7.56. The maximum Gasteiger partial charge on any atom is 0.0208 e. The molecule has 3 rings (SSSR count). The van der Waals surface area contributed by atoms with Crippen LogP contribution in [0.25, 0.3) is 0 Å². The summed E-state index contributed by atoms with van der Waals surface area (Å²) in [6.45, 7) is 4.82. The normalized spacial score (nSPS) is 20.5. The third-order valence-electron chi connectivity index (χ3n) is 4.78. The molecule has 0 atom stereocenters. The lowest BCUT2D eigenvalue weighted by molar-refractivity contribution is 0.173. The number of rotatable bonds is 2. The summed E-state index contributed by atoms with van der Waals surface area (Å²) in [5, 5.41) is 0. The van der Waals surface area contributed by atoms with Crippen LogP contribution < -0.4 is 0 Å². The molecule has 1 fully saturated rings. The summed E-state index contributed by atoms with van der Waals surface area (Å²) in [5.74, 6) is 0. The average Bonchev–Trinajstić information content (AvgIpc) is 2.48. The summed E-state index contributed by atoms with van der Waals surface area (Å²) < 4.78 is 0. The van der Waals surface area contributed by atoms with E-state index in [1.54, 1.807) is 0 Å². The van der Waals surface area contributed by atoms with Crippen LogP contribution in [0.5, 0.6) is 0 Å². The van der Waals surface area contributed by atoms with Gasteiger partial charge in [0.05, 0.1) is 0 Å². The Morgan fingerprint density at radius 1 is 0.800 bits per heavy atom. The third kappa shape index (κ3) is 2.40. The summed E-state index contributed by atoms with van der Waals surface area (Å²) in [5.41, 5.74) is 3.44. The molecule has 2 aromatic rings. The molecule has 0 heteroatoms. The largest absolute Gasteiger partial charge is 0.0599 e. The maximum atomic E-state index is 3.16. The van der Waals surface area contributed by atoms with Gasteiger partial charge in [-0.05, 0) is 47.9 Å². The zero-order valence-electron chi connectivity index (χ0n) is 12.4. The summed E-state index contributed by atoms with van der Waals surface area (Å²) in [6.07, 6.45) is 5.08. The first-order chi connectivity index (χ1) is 9.62. The molecule has 2 aromatic carbocycles. The van der Waals surface area contributed by atoms with Gasteiger partial charge in [-0.3, -0.25) is 0 Å². The lowest BCUT2D eigenvalue weighted by atomic mass is 9.58. The van der Waals surface area contributed by atoms with Crippen LogP contribution in [0.3, 0.4) is 0 Å². The van der Waals surface area contributed by atoms with Crippen LogP contribution in [0, 0.1) is 17.5 Å². The van der Waals surface area contributed by atoms with E-state index in [1.807, 2.05) is 24.3 Å². The van der Waals surface area contributed by atoms with E-state index in [9.17, 15) is 0 Å². The Kier molecular flexibility index (Phi) is 3.41. The highest BCUT2D eigenvalue weighted by atomic mass is 14.5. The molecule has 0 aliphatic heterocycles. The highest BCUT2D eigenvalue weighted by molar-refractivity contribution is 5.40. The molecule has 20 heavy (non-hydrogen) atoms. The molecule has 102 valence electrons. The quantitative estimate of drug-likeness (QED) is 0.700. The standard InChI is InChI=1S/C20H22/c1-19(2)14-9-15-20(16-19,17-10-5-3-6-11-17)18-12-7-4-8-13-18/h5-8,10-13H,9,14-16H2,1-2H3. The van der Waals surface area contributed by atoms with Gasteiger partial charge in [0.2, 0.25) is 0 Å². The van der Waals surface area contributed by atoms with Gasteiger partial charge in [-0.15, -0.1) is 0 Å². The Hall–Kier alpha value is -1.56. The molecule has 0 heterocycles. The SMILES string of the molecule is CC1(C)CCCC(c2cc[c]cc2)(c2cc[c]cc2)C1. The maximum absolute atomic E-state index is 3.16. The van der Waals surface area contributed by atoms with Crippen molar-refractivity contribution in [1.82, 2.24) is 0 Å². The van der Waals surface area contributed by atoms with E-state index in [1.165, 1.54) is 36.8 Å². The number of benzene rings is 2. The summed E-state index contributed by atoms with van der Waals surface area (Å²) >= 11 is 0. The van der Waals surface area contributed by atoms with Gasteiger partial charge in [0.1, 0.15) is 0 Å². The zero-order chi connectivity index (χ0) is 14.1. The van der Waals surface area contributed by atoms with Crippen molar-refractivity contribution in [1.29, 1.82) is 0 Å². The Morgan fingerprint density at radius 3 is 1.75 bits per heavy atom. The molecule has 1 aliphatic carbocycles. The first-order valence-electron chi connectivity index (χ1n) is 7.56. The zero-order valence-corrected chi connectivity index (χ0v) is 12.4. The minimum Gasteiger partial charge on any atom is -0.0599 e. The van der Waals surface area contributed by atoms with Crippen LogP contribution in [0.2, 0.25) is 0 Å². The van der Waals surface area contributed by atoms with E-state index < -0.39 is 0 Å². The number of hydrogen-bond donors (Lipinski definition) is 0. The smallest absolute Gasteiger partial charge is 0.0208 e.